The van der Waals surface area contributed by atoms with Gasteiger partial charge in [0, 0.05) is 5.56 Å². The summed E-state index contributed by atoms with van der Waals surface area (Å²) in [6.07, 6.45) is 5.01. The lowest BCUT2D eigenvalue weighted by Crippen LogP contribution is -2.43. The van der Waals surface area contributed by atoms with Crippen LogP contribution in [0.2, 0.25) is 0 Å². The van der Waals surface area contributed by atoms with Gasteiger partial charge in [0.05, 0.1) is 17.4 Å². The molecule has 0 bridgehead atoms. The van der Waals surface area contributed by atoms with Crippen molar-refractivity contribution in [1.82, 2.24) is 5.06 Å². The van der Waals surface area contributed by atoms with Gasteiger partial charge in [-0.25, -0.2) is 0 Å². The van der Waals surface area contributed by atoms with Crippen molar-refractivity contribution in [3.05, 3.63) is 60.2 Å². The molecule has 0 fully saturated rings. The number of benzene rings is 1. The molecule has 1 aromatic rings. The average Bonchev–Trinajstić information content (AvgIpc) is 2.46. The van der Waals surface area contributed by atoms with Gasteiger partial charge in [-0.15, -0.1) is 9.35 Å². The normalized spacial score (nSPS) is 16.6. The molecule has 1 aliphatic heterocycles. The van der Waals surface area contributed by atoms with Gasteiger partial charge in [-0.2, -0.15) is 8.42 Å². The third kappa shape index (κ3) is 2.76. The van der Waals surface area contributed by atoms with E-state index in [9.17, 15) is 18.0 Å². The molecule has 22 heavy (non-hydrogen) atoms. The number of amides is 2. The Morgan fingerprint density at radius 3 is 2.41 bits per heavy atom. The van der Waals surface area contributed by atoms with Crippen LogP contribution >= 0.6 is 0 Å². The average molecular weight is 319 g/mol. The second-order valence-electron chi connectivity index (χ2n) is 4.47. The zero-order valence-corrected chi connectivity index (χ0v) is 12.6. The fourth-order valence-electron chi connectivity index (χ4n) is 2.11. The summed E-state index contributed by atoms with van der Waals surface area (Å²) in [6, 6.07) is 4.77. The number of hydrogen-bond donors (Lipinski definition) is 0. The molecule has 1 aromatic carbocycles. The van der Waals surface area contributed by atoms with Crippen LogP contribution in [0.5, 0.6) is 0 Å². The molecule has 0 radical (unpaired) electrons. The highest BCUT2D eigenvalue weighted by Gasteiger charge is 2.38. The first kappa shape index (κ1) is 15.9. The monoisotopic (exact) mass is 319 g/mol. The molecule has 0 unspecified atom stereocenters. The summed E-state index contributed by atoms with van der Waals surface area (Å²) in [6.45, 7) is 7.17. The summed E-state index contributed by atoms with van der Waals surface area (Å²) in [5.41, 5.74) is 1.20. The fourth-order valence-corrected chi connectivity index (χ4v) is 2.52. The Morgan fingerprint density at radius 2 is 1.86 bits per heavy atom. The molecule has 0 aromatic heterocycles. The Hall–Kier alpha value is -2.51. The van der Waals surface area contributed by atoms with Crippen LogP contribution in [0.15, 0.2) is 43.5 Å². The van der Waals surface area contributed by atoms with Gasteiger partial charge in [0.2, 0.25) is 0 Å². The minimum Gasteiger partial charge on any atom is -0.266 e. The lowest BCUT2D eigenvalue weighted by Gasteiger charge is -2.27. The van der Waals surface area contributed by atoms with E-state index in [4.69, 9.17) is 0 Å². The molecule has 1 aliphatic rings. The van der Waals surface area contributed by atoms with E-state index in [1.807, 2.05) is 0 Å². The van der Waals surface area contributed by atoms with Crippen molar-refractivity contribution < 1.29 is 22.3 Å². The minimum absolute atomic E-state index is 0.101. The van der Waals surface area contributed by atoms with E-state index < -0.39 is 21.9 Å². The van der Waals surface area contributed by atoms with Crippen molar-refractivity contribution in [2.45, 2.75) is 0 Å². The first-order valence-corrected chi connectivity index (χ1v) is 7.98. The van der Waals surface area contributed by atoms with E-state index in [2.05, 4.69) is 17.4 Å². The number of rotatable bonds is 4. The van der Waals surface area contributed by atoms with E-state index in [1.54, 1.807) is 12.1 Å². The second-order valence-corrected chi connectivity index (χ2v) is 6.03. The molecule has 7 heteroatoms. The third-order valence-corrected chi connectivity index (χ3v) is 3.33. The van der Waals surface area contributed by atoms with Crippen LogP contribution in [0.25, 0.3) is 11.6 Å². The van der Waals surface area contributed by atoms with Gasteiger partial charge in [0.25, 0.3) is 21.9 Å². The number of hydroxylamine groups is 2. The molecule has 0 aliphatic carbocycles. The van der Waals surface area contributed by atoms with E-state index in [-0.39, 0.29) is 16.2 Å². The highest BCUT2D eigenvalue weighted by atomic mass is 32.2. The molecular formula is C15H13NO5S. The van der Waals surface area contributed by atoms with E-state index in [0.717, 1.165) is 6.26 Å². The first-order chi connectivity index (χ1) is 10.3. The second kappa shape index (κ2) is 5.70. The van der Waals surface area contributed by atoms with Gasteiger partial charge in [-0.05, 0) is 17.7 Å². The van der Waals surface area contributed by atoms with Crippen LogP contribution in [0, 0.1) is 0 Å². The van der Waals surface area contributed by atoms with Crippen LogP contribution in [-0.4, -0.2) is 31.6 Å². The smallest absolute Gasteiger partial charge is 0.266 e. The molecule has 0 N–H and O–H groups in total. The van der Waals surface area contributed by atoms with Crippen LogP contribution in [0.3, 0.4) is 0 Å². The van der Waals surface area contributed by atoms with Gasteiger partial charge in [0.15, 0.2) is 0 Å². The Labute approximate surface area is 128 Å². The lowest BCUT2D eigenvalue weighted by molar-refractivity contribution is -0.141. The highest BCUT2D eigenvalue weighted by Crippen LogP contribution is 2.32. The van der Waals surface area contributed by atoms with Crippen LogP contribution in [-0.2, 0) is 19.2 Å². The number of imide groups is 1. The summed E-state index contributed by atoms with van der Waals surface area (Å²) in [7, 11) is -4.04. The van der Waals surface area contributed by atoms with Crippen molar-refractivity contribution in [3.63, 3.8) is 0 Å². The number of nitrogens with zero attached hydrogens (tertiary/aromatic N) is 1. The summed E-state index contributed by atoms with van der Waals surface area (Å²) in [5, 5.41) is 0.236. The van der Waals surface area contributed by atoms with Crippen molar-refractivity contribution in [3.8, 4) is 0 Å². The summed E-state index contributed by atoms with van der Waals surface area (Å²) < 4.78 is 27.0. The van der Waals surface area contributed by atoms with Gasteiger partial charge in [0.1, 0.15) is 0 Å². The highest BCUT2D eigenvalue weighted by molar-refractivity contribution is 7.85. The van der Waals surface area contributed by atoms with Gasteiger partial charge in [-0.1, -0.05) is 37.4 Å². The predicted molar refractivity (Wildman–Crippen MR) is 81.8 cm³/mol. The van der Waals surface area contributed by atoms with Crippen LogP contribution < -0.4 is 0 Å². The molecule has 0 saturated heterocycles. The van der Waals surface area contributed by atoms with Crippen LogP contribution in [0.4, 0.5) is 0 Å². The molecule has 6 nitrogen and oxygen atoms in total. The SMILES string of the molecule is C=C/C=C1/C(=O)N(OS(C)(=O)=O)C(=O)c2cccc(C=C)c21. The number of carbonyl (C=O) groups excluding carboxylic acids is 2. The molecule has 0 atom stereocenters. The first-order valence-electron chi connectivity index (χ1n) is 6.17. The van der Waals surface area contributed by atoms with Crippen molar-refractivity contribution >= 4 is 33.6 Å². The van der Waals surface area contributed by atoms with Gasteiger partial charge in [-0.3, -0.25) is 9.59 Å². The molecular weight excluding hydrogens is 306 g/mol. The van der Waals surface area contributed by atoms with Gasteiger partial charge < -0.3 is 0 Å². The number of hydrogen-bond acceptors (Lipinski definition) is 5. The zero-order chi connectivity index (χ0) is 16.5. The molecule has 0 spiro atoms. The summed E-state index contributed by atoms with van der Waals surface area (Å²) in [5.74, 6) is -1.73. The molecule has 0 saturated carbocycles. The quantitative estimate of drug-likeness (QED) is 0.624. The topological polar surface area (TPSA) is 80.8 Å². The van der Waals surface area contributed by atoms with Crippen molar-refractivity contribution in [2.24, 2.45) is 0 Å². The maximum atomic E-state index is 12.4. The molecule has 114 valence electrons. The molecule has 2 amide bonds. The Bertz CT molecular complexity index is 820. The zero-order valence-electron chi connectivity index (χ0n) is 11.8. The van der Waals surface area contributed by atoms with E-state index in [1.165, 1.54) is 24.3 Å². The van der Waals surface area contributed by atoms with Crippen LogP contribution in [0.1, 0.15) is 21.5 Å². The number of carbonyl (C=O) groups is 2. The lowest BCUT2D eigenvalue weighted by atomic mass is 9.90. The maximum Gasteiger partial charge on any atom is 0.286 e. The Morgan fingerprint density at radius 1 is 1.18 bits per heavy atom. The van der Waals surface area contributed by atoms with Crippen molar-refractivity contribution in [1.29, 1.82) is 0 Å². The largest absolute Gasteiger partial charge is 0.286 e. The predicted octanol–water partition coefficient (Wildman–Crippen LogP) is 1.77. The van der Waals surface area contributed by atoms with Gasteiger partial charge >= 0.3 is 0 Å². The third-order valence-electron chi connectivity index (χ3n) is 2.91. The standard InChI is InChI=1S/C15H13NO5S/c1-4-7-11-13-10(5-2)8-6-9-12(13)15(18)16(14(11)17)21-22(3,19)20/h4-9H,1-2H2,3H3/b11-7+. The van der Waals surface area contributed by atoms with E-state index >= 15 is 0 Å². The summed E-state index contributed by atoms with van der Waals surface area (Å²) in [4.78, 5) is 24.8. The Balaban J connectivity index is 2.73. The summed E-state index contributed by atoms with van der Waals surface area (Å²) >= 11 is 0. The Kier molecular flexibility index (Phi) is 4.11. The fraction of sp³-hybridized carbons (Fsp3) is 0.0667. The molecule has 1 heterocycles. The minimum atomic E-state index is -4.04. The molecule has 2 rings (SSSR count). The van der Waals surface area contributed by atoms with E-state index in [0.29, 0.717) is 11.1 Å². The number of allylic oxidation sites excluding steroid dienone is 2. The maximum absolute atomic E-state index is 12.4. The number of fused-ring (bicyclic) bond motifs is 1. The van der Waals surface area contributed by atoms with Crippen molar-refractivity contribution in [2.75, 3.05) is 6.26 Å².